The highest BCUT2D eigenvalue weighted by Gasteiger charge is 2.22. The van der Waals surface area contributed by atoms with E-state index in [4.69, 9.17) is 4.98 Å². The fraction of sp³-hybridized carbons (Fsp3) is 0.471. The lowest BCUT2D eigenvalue weighted by Crippen LogP contribution is -2.33. The maximum Gasteiger partial charge on any atom is 0.186 e. The van der Waals surface area contributed by atoms with Gasteiger partial charge < -0.3 is 10.0 Å². The molecule has 1 aliphatic rings. The Morgan fingerprint density at radius 1 is 1.24 bits per heavy atom. The molecule has 0 spiro atoms. The van der Waals surface area contributed by atoms with E-state index in [-0.39, 0.29) is 6.61 Å². The molecule has 0 radical (unpaired) electrons. The Bertz CT molecular complexity index is 574. The number of hydrogen-bond acceptors (Lipinski definition) is 4. The number of thiazole rings is 1. The molecular formula is C17H22N2OS. The number of nitrogens with zero attached hydrogens (tertiary/aromatic N) is 2. The second kappa shape index (κ2) is 6.58. The van der Waals surface area contributed by atoms with Crippen molar-refractivity contribution in [2.75, 3.05) is 18.0 Å². The summed E-state index contributed by atoms with van der Waals surface area (Å²) in [5.41, 5.74) is 2.03. The highest BCUT2D eigenvalue weighted by Crippen LogP contribution is 2.35. The number of rotatable bonds is 4. The van der Waals surface area contributed by atoms with E-state index in [0.717, 1.165) is 40.3 Å². The standard InChI is InChI=1S/C17H22N2OS/c1-2-13-8-10-19(11-9-13)17-18-16(15(12-20)21-17)14-6-4-3-5-7-14/h3-7,13,20H,2,8-12H2,1H3. The summed E-state index contributed by atoms with van der Waals surface area (Å²) in [5, 5.41) is 10.7. The van der Waals surface area contributed by atoms with Gasteiger partial charge in [0.25, 0.3) is 0 Å². The number of piperidine rings is 1. The Morgan fingerprint density at radius 2 is 1.95 bits per heavy atom. The van der Waals surface area contributed by atoms with Crippen molar-refractivity contribution >= 4 is 16.5 Å². The van der Waals surface area contributed by atoms with E-state index in [9.17, 15) is 5.11 Å². The third-order valence-electron chi connectivity index (χ3n) is 4.34. The average molecular weight is 302 g/mol. The molecule has 0 amide bonds. The summed E-state index contributed by atoms with van der Waals surface area (Å²) in [7, 11) is 0. The first-order valence-corrected chi connectivity index (χ1v) is 8.54. The first-order chi connectivity index (χ1) is 10.3. The van der Waals surface area contributed by atoms with E-state index in [1.165, 1.54) is 19.3 Å². The van der Waals surface area contributed by atoms with Crippen LogP contribution in [-0.4, -0.2) is 23.2 Å². The summed E-state index contributed by atoms with van der Waals surface area (Å²) < 4.78 is 0. The van der Waals surface area contributed by atoms with Gasteiger partial charge in [0.15, 0.2) is 5.13 Å². The number of aliphatic hydroxyl groups is 1. The number of aromatic nitrogens is 1. The molecule has 3 nitrogen and oxygen atoms in total. The predicted octanol–water partition coefficient (Wildman–Crippen LogP) is 3.93. The third-order valence-corrected chi connectivity index (χ3v) is 5.44. The minimum atomic E-state index is 0.0628. The van der Waals surface area contributed by atoms with E-state index in [0.29, 0.717) is 0 Å². The lowest BCUT2D eigenvalue weighted by Gasteiger charge is -2.31. The molecule has 1 aromatic carbocycles. The maximum absolute atomic E-state index is 9.62. The zero-order chi connectivity index (χ0) is 14.7. The van der Waals surface area contributed by atoms with Crippen LogP contribution in [0.5, 0.6) is 0 Å². The molecule has 4 heteroatoms. The largest absolute Gasteiger partial charge is 0.391 e. The van der Waals surface area contributed by atoms with Gasteiger partial charge >= 0.3 is 0 Å². The van der Waals surface area contributed by atoms with Gasteiger partial charge in [-0.25, -0.2) is 4.98 Å². The van der Waals surface area contributed by atoms with Crippen molar-refractivity contribution in [2.24, 2.45) is 5.92 Å². The van der Waals surface area contributed by atoms with Crippen LogP contribution in [0.25, 0.3) is 11.3 Å². The fourth-order valence-corrected chi connectivity index (χ4v) is 3.93. The summed E-state index contributed by atoms with van der Waals surface area (Å²) >= 11 is 1.63. The fourth-order valence-electron chi connectivity index (χ4n) is 2.94. The SMILES string of the molecule is CCC1CCN(c2nc(-c3ccccc3)c(CO)s2)CC1. The smallest absolute Gasteiger partial charge is 0.186 e. The van der Waals surface area contributed by atoms with Crippen LogP contribution in [0.1, 0.15) is 31.1 Å². The summed E-state index contributed by atoms with van der Waals surface area (Å²) in [6.07, 6.45) is 3.79. The highest BCUT2D eigenvalue weighted by molar-refractivity contribution is 7.16. The van der Waals surface area contributed by atoms with E-state index >= 15 is 0 Å². The van der Waals surface area contributed by atoms with Crippen molar-refractivity contribution in [1.82, 2.24) is 4.98 Å². The zero-order valence-corrected chi connectivity index (χ0v) is 13.3. The Balaban J connectivity index is 1.83. The van der Waals surface area contributed by atoms with Gasteiger partial charge in [0.05, 0.1) is 17.2 Å². The van der Waals surface area contributed by atoms with Crippen molar-refractivity contribution in [3.63, 3.8) is 0 Å². The van der Waals surface area contributed by atoms with Gasteiger partial charge in [-0.05, 0) is 18.8 Å². The average Bonchev–Trinajstić information content (AvgIpc) is 3.00. The van der Waals surface area contributed by atoms with Crippen LogP contribution in [0, 0.1) is 5.92 Å². The van der Waals surface area contributed by atoms with Gasteiger partial charge in [-0.15, -0.1) is 0 Å². The molecule has 0 aliphatic carbocycles. The molecule has 21 heavy (non-hydrogen) atoms. The summed E-state index contributed by atoms with van der Waals surface area (Å²) in [4.78, 5) is 8.15. The van der Waals surface area contributed by atoms with E-state index < -0.39 is 0 Å². The topological polar surface area (TPSA) is 36.4 Å². The number of aliphatic hydroxyl groups excluding tert-OH is 1. The molecule has 3 rings (SSSR count). The maximum atomic E-state index is 9.62. The monoisotopic (exact) mass is 302 g/mol. The van der Waals surface area contributed by atoms with Gasteiger partial charge in [0, 0.05) is 18.7 Å². The van der Waals surface area contributed by atoms with Gasteiger partial charge in [-0.2, -0.15) is 0 Å². The van der Waals surface area contributed by atoms with Crippen LogP contribution < -0.4 is 4.90 Å². The number of hydrogen-bond donors (Lipinski definition) is 1. The van der Waals surface area contributed by atoms with E-state index in [2.05, 4.69) is 24.0 Å². The minimum Gasteiger partial charge on any atom is -0.391 e. The Hall–Kier alpha value is -1.39. The summed E-state index contributed by atoms with van der Waals surface area (Å²) in [5.74, 6) is 0.868. The lowest BCUT2D eigenvalue weighted by molar-refractivity contribution is 0.286. The Labute approximate surface area is 130 Å². The molecule has 1 aliphatic heterocycles. The molecular weight excluding hydrogens is 280 g/mol. The summed E-state index contributed by atoms with van der Waals surface area (Å²) in [6, 6.07) is 10.2. The molecule has 0 bridgehead atoms. The molecule has 0 unspecified atom stereocenters. The first-order valence-electron chi connectivity index (χ1n) is 7.72. The molecule has 1 N–H and O–H groups in total. The van der Waals surface area contributed by atoms with Crippen LogP contribution in [0.15, 0.2) is 30.3 Å². The third kappa shape index (κ3) is 3.11. The molecule has 0 saturated carbocycles. The lowest BCUT2D eigenvalue weighted by atomic mass is 9.95. The van der Waals surface area contributed by atoms with Crippen molar-refractivity contribution in [3.8, 4) is 11.3 Å². The van der Waals surface area contributed by atoms with Crippen LogP contribution in [0.4, 0.5) is 5.13 Å². The van der Waals surface area contributed by atoms with Gasteiger partial charge in [0.2, 0.25) is 0 Å². The second-order valence-corrected chi connectivity index (χ2v) is 6.69. The van der Waals surface area contributed by atoms with Gasteiger partial charge in [-0.3, -0.25) is 0 Å². The Morgan fingerprint density at radius 3 is 2.57 bits per heavy atom. The molecule has 2 heterocycles. The van der Waals surface area contributed by atoms with E-state index in [1.54, 1.807) is 11.3 Å². The minimum absolute atomic E-state index is 0.0628. The molecule has 1 saturated heterocycles. The van der Waals surface area contributed by atoms with E-state index in [1.807, 2.05) is 18.2 Å². The first kappa shape index (κ1) is 14.5. The zero-order valence-electron chi connectivity index (χ0n) is 12.5. The van der Waals surface area contributed by atoms with Crippen molar-refractivity contribution in [3.05, 3.63) is 35.2 Å². The second-order valence-electron chi connectivity index (χ2n) is 5.63. The van der Waals surface area contributed by atoms with Crippen molar-refractivity contribution in [2.45, 2.75) is 32.8 Å². The van der Waals surface area contributed by atoms with Gasteiger partial charge in [-0.1, -0.05) is 55.0 Å². The predicted molar refractivity (Wildman–Crippen MR) is 88.7 cm³/mol. The normalized spacial score (nSPS) is 16.4. The molecule has 1 aromatic heterocycles. The molecule has 0 atom stereocenters. The Kier molecular flexibility index (Phi) is 4.56. The quantitative estimate of drug-likeness (QED) is 0.929. The number of anilines is 1. The van der Waals surface area contributed by atoms with Gasteiger partial charge in [0.1, 0.15) is 0 Å². The van der Waals surface area contributed by atoms with Crippen molar-refractivity contribution < 1.29 is 5.11 Å². The number of benzene rings is 1. The van der Waals surface area contributed by atoms with Crippen LogP contribution in [-0.2, 0) is 6.61 Å². The molecule has 2 aromatic rings. The highest BCUT2D eigenvalue weighted by atomic mass is 32.1. The molecule has 1 fully saturated rings. The van der Waals surface area contributed by atoms with Crippen LogP contribution >= 0.6 is 11.3 Å². The van der Waals surface area contributed by atoms with Crippen LogP contribution in [0.3, 0.4) is 0 Å². The molecule has 112 valence electrons. The summed E-state index contributed by atoms with van der Waals surface area (Å²) in [6.45, 7) is 4.52. The van der Waals surface area contributed by atoms with Crippen molar-refractivity contribution in [1.29, 1.82) is 0 Å². The van der Waals surface area contributed by atoms with Crippen LogP contribution in [0.2, 0.25) is 0 Å².